The van der Waals surface area contributed by atoms with Gasteiger partial charge in [-0.1, -0.05) is 57.8 Å². The zero-order valence-electron chi connectivity index (χ0n) is 22.3. The summed E-state index contributed by atoms with van der Waals surface area (Å²) in [7, 11) is 1.62. The molecule has 1 saturated carbocycles. The number of halogens is 1. The van der Waals surface area contributed by atoms with E-state index in [9.17, 15) is 9.90 Å². The fourth-order valence-electron chi connectivity index (χ4n) is 6.05. The van der Waals surface area contributed by atoms with E-state index >= 15 is 0 Å². The largest absolute Gasteiger partial charge is 0.481 e. The van der Waals surface area contributed by atoms with Crippen LogP contribution in [0, 0.1) is 18.3 Å². The van der Waals surface area contributed by atoms with Gasteiger partial charge in [-0.15, -0.1) is 0 Å². The van der Waals surface area contributed by atoms with Gasteiger partial charge in [0.2, 0.25) is 5.88 Å². The van der Waals surface area contributed by atoms with Crippen molar-refractivity contribution in [2.45, 2.75) is 84.6 Å². The van der Waals surface area contributed by atoms with Gasteiger partial charge in [0.25, 0.3) is 0 Å². The highest BCUT2D eigenvalue weighted by atomic mass is 35.5. The number of nitrogens with zero attached hydrogens (tertiary/aromatic N) is 2. The second-order valence-corrected chi connectivity index (χ2v) is 11.7. The number of carboxylic acids is 1. The van der Waals surface area contributed by atoms with E-state index < -0.39 is 12.0 Å². The van der Waals surface area contributed by atoms with Crippen LogP contribution in [-0.4, -0.2) is 46.8 Å². The number of carboxylic acid groups (broad SMARTS) is 1. The molecule has 1 saturated heterocycles. The van der Waals surface area contributed by atoms with Crippen molar-refractivity contribution in [2.24, 2.45) is 11.3 Å². The van der Waals surface area contributed by atoms with Gasteiger partial charge in [0, 0.05) is 22.7 Å². The maximum absolute atomic E-state index is 12.7. The summed E-state index contributed by atoms with van der Waals surface area (Å²) in [6, 6.07) is 7.10. The summed E-state index contributed by atoms with van der Waals surface area (Å²) in [5, 5.41) is 11.1. The molecule has 1 aromatic carbocycles. The van der Waals surface area contributed by atoms with Gasteiger partial charge in [-0.2, -0.15) is 0 Å². The molecule has 0 amide bonds. The van der Waals surface area contributed by atoms with Gasteiger partial charge < -0.3 is 14.6 Å². The predicted octanol–water partition coefficient (Wildman–Crippen LogP) is 6.40. The Hall–Kier alpha value is -2.15. The number of likely N-dealkylation sites (N-methyl/N-ethyl adjacent to an activating group) is 1. The van der Waals surface area contributed by atoms with Crippen LogP contribution in [0.3, 0.4) is 0 Å². The van der Waals surface area contributed by atoms with Gasteiger partial charge in [0.1, 0.15) is 6.04 Å². The first-order valence-corrected chi connectivity index (χ1v) is 13.3. The molecule has 1 aliphatic heterocycles. The van der Waals surface area contributed by atoms with E-state index in [1.165, 1.54) is 24.8 Å². The van der Waals surface area contributed by atoms with Crippen molar-refractivity contribution in [1.29, 1.82) is 0 Å². The molecule has 2 aliphatic rings. The third-order valence-electron chi connectivity index (χ3n) is 8.11. The molecule has 0 unspecified atom stereocenters. The molecule has 7 heteroatoms. The molecule has 4 rings (SSSR count). The maximum atomic E-state index is 12.7. The molecule has 0 radical (unpaired) electrons. The molecule has 0 spiro atoms. The van der Waals surface area contributed by atoms with Gasteiger partial charge >= 0.3 is 5.97 Å². The Morgan fingerprint density at radius 3 is 2.56 bits per heavy atom. The minimum atomic E-state index is -0.821. The summed E-state index contributed by atoms with van der Waals surface area (Å²) in [5.41, 5.74) is 3.79. The van der Waals surface area contributed by atoms with Crippen molar-refractivity contribution in [2.75, 3.05) is 13.7 Å². The lowest BCUT2D eigenvalue weighted by molar-refractivity contribution is -0.146. The number of likely N-dealkylation sites (tertiary alicyclic amines) is 1. The highest BCUT2D eigenvalue weighted by molar-refractivity contribution is 6.31. The maximum Gasteiger partial charge on any atom is 0.321 e. The van der Waals surface area contributed by atoms with Crippen molar-refractivity contribution in [1.82, 2.24) is 9.88 Å². The Kier molecular flexibility index (Phi) is 7.98. The minimum Gasteiger partial charge on any atom is -0.481 e. The van der Waals surface area contributed by atoms with Crippen molar-refractivity contribution in [3.05, 3.63) is 57.7 Å². The molecular formula is C29H39ClN2O4. The number of methoxy groups -OCH3 is 1. The van der Waals surface area contributed by atoms with Crippen LogP contribution in [0.1, 0.15) is 81.2 Å². The number of hydrogen-bond acceptors (Lipinski definition) is 5. The molecule has 2 heterocycles. The third kappa shape index (κ3) is 5.00. The number of aliphatic carboxylic acids is 1. The lowest BCUT2D eigenvalue weighted by Gasteiger charge is -2.35. The molecule has 0 bridgehead atoms. The van der Waals surface area contributed by atoms with E-state index in [4.69, 9.17) is 21.1 Å². The van der Waals surface area contributed by atoms with E-state index in [-0.39, 0.29) is 23.5 Å². The molecule has 4 atom stereocenters. The fourth-order valence-corrected chi connectivity index (χ4v) is 6.23. The summed E-state index contributed by atoms with van der Waals surface area (Å²) in [5.74, 6) is 0.0386. The van der Waals surface area contributed by atoms with Crippen LogP contribution in [0.5, 0.6) is 5.88 Å². The molecular weight excluding hydrogens is 476 g/mol. The normalized spacial score (nSPS) is 25.1. The average molecular weight is 515 g/mol. The van der Waals surface area contributed by atoms with Gasteiger partial charge in [0.05, 0.1) is 25.9 Å². The lowest BCUT2D eigenvalue weighted by Crippen LogP contribution is -2.44. The number of pyridine rings is 1. The van der Waals surface area contributed by atoms with Crippen molar-refractivity contribution in [3.63, 3.8) is 0 Å². The van der Waals surface area contributed by atoms with E-state index in [1.807, 2.05) is 38.2 Å². The van der Waals surface area contributed by atoms with E-state index in [2.05, 4.69) is 36.7 Å². The first-order chi connectivity index (χ1) is 17.1. The molecule has 1 aliphatic carbocycles. The number of benzene rings is 1. The molecule has 196 valence electrons. The van der Waals surface area contributed by atoms with Gasteiger partial charge in [-0.25, -0.2) is 4.98 Å². The number of carbonyl (C=O) groups is 1. The zero-order valence-corrected chi connectivity index (χ0v) is 23.0. The SMILES string of the molecule is CCN1[C@H](C(=O)O)[C@@H](C(C)(C)C)[C@H](OCc2cc(C3CCC3)cnc2OC)[C@@H]1c1cccc(Cl)c1C. The molecule has 1 N–H and O–H groups in total. The number of rotatable bonds is 8. The second kappa shape index (κ2) is 10.7. The van der Waals surface area contributed by atoms with Crippen molar-refractivity contribution < 1.29 is 19.4 Å². The summed E-state index contributed by atoms with van der Waals surface area (Å²) in [6.07, 6.45) is 5.18. The monoisotopic (exact) mass is 514 g/mol. The summed E-state index contributed by atoms with van der Waals surface area (Å²) in [6.45, 7) is 11.2. The summed E-state index contributed by atoms with van der Waals surface area (Å²) < 4.78 is 12.3. The second-order valence-electron chi connectivity index (χ2n) is 11.2. The smallest absolute Gasteiger partial charge is 0.321 e. The molecule has 1 aromatic heterocycles. The molecule has 2 aromatic rings. The molecule has 6 nitrogen and oxygen atoms in total. The third-order valence-corrected chi connectivity index (χ3v) is 8.52. The van der Waals surface area contributed by atoms with Crippen LogP contribution in [-0.2, 0) is 16.1 Å². The Bertz CT molecular complexity index is 1100. The highest BCUT2D eigenvalue weighted by Gasteiger charge is 2.56. The zero-order chi connectivity index (χ0) is 26.2. The molecule has 2 fully saturated rings. The number of ether oxygens (including phenoxy) is 2. The van der Waals surface area contributed by atoms with E-state index in [1.54, 1.807) is 7.11 Å². The fraction of sp³-hybridized carbons (Fsp3) is 0.586. The van der Waals surface area contributed by atoms with Crippen LogP contribution < -0.4 is 4.74 Å². The lowest BCUT2D eigenvalue weighted by atomic mass is 9.73. The van der Waals surface area contributed by atoms with E-state index in [0.717, 1.165) is 16.7 Å². The summed E-state index contributed by atoms with van der Waals surface area (Å²) in [4.78, 5) is 19.3. The standard InChI is InChI=1S/C29H39ClN2O4/c1-7-32-24(21-12-9-13-22(30)17(21)2)26(23(29(3,4)5)25(32)28(33)34)36-16-20-14-19(18-10-8-11-18)15-31-27(20)35-6/h9,12-15,18,23-26H,7-8,10-11,16H2,1-6H3,(H,33,34)/t23-,24+,25+,26+/m1/s1. The Morgan fingerprint density at radius 2 is 2.00 bits per heavy atom. The van der Waals surface area contributed by atoms with Crippen LogP contribution in [0.2, 0.25) is 5.02 Å². The number of aromatic nitrogens is 1. The Morgan fingerprint density at radius 1 is 1.28 bits per heavy atom. The first-order valence-electron chi connectivity index (χ1n) is 13.0. The Labute approximate surface area is 220 Å². The minimum absolute atomic E-state index is 0.243. The molecule has 36 heavy (non-hydrogen) atoms. The van der Waals surface area contributed by atoms with Crippen LogP contribution >= 0.6 is 11.6 Å². The predicted molar refractivity (Wildman–Crippen MR) is 142 cm³/mol. The summed E-state index contributed by atoms with van der Waals surface area (Å²) >= 11 is 6.53. The highest BCUT2D eigenvalue weighted by Crippen LogP contribution is 2.50. The average Bonchev–Trinajstić information content (AvgIpc) is 3.13. The Balaban J connectivity index is 1.76. The quantitative estimate of drug-likeness (QED) is 0.439. The van der Waals surface area contributed by atoms with Gasteiger partial charge in [0.15, 0.2) is 0 Å². The van der Waals surface area contributed by atoms with Gasteiger partial charge in [-0.05, 0) is 66.5 Å². The van der Waals surface area contributed by atoms with E-state index in [0.29, 0.717) is 30.0 Å². The van der Waals surface area contributed by atoms with Crippen molar-refractivity contribution in [3.8, 4) is 5.88 Å². The van der Waals surface area contributed by atoms with Crippen LogP contribution in [0.15, 0.2) is 30.5 Å². The topological polar surface area (TPSA) is 71.9 Å². The number of hydrogen-bond donors (Lipinski definition) is 1. The van der Waals surface area contributed by atoms with Crippen LogP contribution in [0.4, 0.5) is 0 Å². The van der Waals surface area contributed by atoms with Crippen LogP contribution in [0.25, 0.3) is 0 Å². The van der Waals surface area contributed by atoms with Gasteiger partial charge in [-0.3, -0.25) is 9.69 Å². The van der Waals surface area contributed by atoms with Crippen molar-refractivity contribution >= 4 is 17.6 Å². The first kappa shape index (κ1) is 26.9.